The van der Waals surface area contributed by atoms with Gasteiger partial charge in [0.1, 0.15) is 5.02 Å². The zero-order valence-corrected chi connectivity index (χ0v) is 10.9. The van der Waals surface area contributed by atoms with Gasteiger partial charge in [0.2, 0.25) is 5.95 Å². The normalized spacial score (nSPS) is 10.2. The van der Waals surface area contributed by atoms with Crippen molar-refractivity contribution >= 4 is 34.7 Å². The third-order valence-electron chi connectivity index (χ3n) is 2.39. The molecular weight excluding hydrogens is 250 g/mol. The van der Waals surface area contributed by atoms with Gasteiger partial charge in [-0.2, -0.15) is 4.98 Å². The molecule has 0 amide bonds. The van der Waals surface area contributed by atoms with Crippen LogP contribution >= 0.6 is 11.6 Å². The third-order valence-corrected chi connectivity index (χ3v) is 2.66. The Hall–Kier alpha value is -2.01. The molecular formula is C12H14ClN5. The van der Waals surface area contributed by atoms with E-state index in [1.807, 2.05) is 43.3 Å². The highest BCUT2D eigenvalue weighted by atomic mass is 35.5. The van der Waals surface area contributed by atoms with Crippen LogP contribution in [0.2, 0.25) is 5.02 Å². The monoisotopic (exact) mass is 263 g/mol. The van der Waals surface area contributed by atoms with Gasteiger partial charge in [0.15, 0.2) is 5.82 Å². The van der Waals surface area contributed by atoms with Gasteiger partial charge in [0, 0.05) is 25.5 Å². The molecule has 0 atom stereocenters. The van der Waals surface area contributed by atoms with Crippen molar-refractivity contribution in [1.82, 2.24) is 9.97 Å². The van der Waals surface area contributed by atoms with Gasteiger partial charge in [-0.1, -0.05) is 17.7 Å². The van der Waals surface area contributed by atoms with Crippen LogP contribution in [-0.4, -0.2) is 24.1 Å². The molecule has 6 heteroatoms. The van der Waals surface area contributed by atoms with E-state index < -0.39 is 0 Å². The van der Waals surface area contributed by atoms with Crippen molar-refractivity contribution in [1.29, 1.82) is 0 Å². The molecule has 0 unspecified atom stereocenters. The van der Waals surface area contributed by atoms with Crippen LogP contribution in [0.5, 0.6) is 0 Å². The van der Waals surface area contributed by atoms with Gasteiger partial charge in [-0.15, -0.1) is 0 Å². The second-order valence-corrected chi connectivity index (χ2v) is 4.40. The minimum Gasteiger partial charge on any atom is -0.378 e. The Morgan fingerprint density at radius 2 is 2.11 bits per heavy atom. The van der Waals surface area contributed by atoms with Gasteiger partial charge in [-0.25, -0.2) is 4.98 Å². The van der Waals surface area contributed by atoms with Crippen LogP contribution in [0.1, 0.15) is 0 Å². The van der Waals surface area contributed by atoms with Crippen molar-refractivity contribution in [2.24, 2.45) is 0 Å². The number of aromatic nitrogens is 2. The minimum atomic E-state index is 0.186. The van der Waals surface area contributed by atoms with Crippen molar-refractivity contribution in [3.8, 4) is 0 Å². The molecule has 18 heavy (non-hydrogen) atoms. The summed E-state index contributed by atoms with van der Waals surface area (Å²) in [6, 6.07) is 7.90. The van der Waals surface area contributed by atoms with Gasteiger partial charge in [0.25, 0.3) is 0 Å². The maximum absolute atomic E-state index is 5.99. The van der Waals surface area contributed by atoms with Crippen LogP contribution in [0, 0.1) is 0 Å². The molecule has 2 aromatic rings. The van der Waals surface area contributed by atoms with E-state index in [1.54, 1.807) is 0 Å². The fraction of sp³-hybridized carbons (Fsp3) is 0.167. The Bertz CT molecular complexity index is 556. The maximum atomic E-state index is 5.99. The largest absolute Gasteiger partial charge is 0.378 e. The van der Waals surface area contributed by atoms with Crippen LogP contribution in [0.4, 0.5) is 23.1 Å². The number of hydrogen-bond donors (Lipinski definition) is 2. The van der Waals surface area contributed by atoms with Crippen LogP contribution in [-0.2, 0) is 0 Å². The van der Waals surface area contributed by atoms with Gasteiger partial charge in [-0.3, -0.25) is 0 Å². The van der Waals surface area contributed by atoms with Gasteiger partial charge in [0.05, 0.1) is 6.20 Å². The summed E-state index contributed by atoms with van der Waals surface area (Å²) in [4.78, 5) is 9.88. The molecule has 0 fully saturated rings. The molecule has 0 saturated carbocycles. The van der Waals surface area contributed by atoms with E-state index in [9.17, 15) is 0 Å². The lowest BCUT2D eigenvalue weighted by molar-refractivity contribution is 1.13. The molecule has 1 aromatic heterocycles. The molecule has 0 radical (unpaired) electrons. The number of nitrogens with zero attached hydrogens (tertiary/aromatic N) is 3. The summed E-state index contributed by atoms with van der Waals surface area (Å²) in [6.07, 6.45) is 1.47. The lowest BCUT2D eigenvalue weighted by Crippen LogP contribution is -2.08. The highest BCUT2D eigenvalue weighted by Gasteiger charge is 2.05. The molecule has 0 aliphatic heterocycles. The Morgan fingerprint density at radius 1 is 1.33 bits per heavy atom. The van der Waals surface area contributed by atoms with Crippen LogP contribution in [0.15, 0.2) is 30.5 Å². The molecule has 1 aromatic carbocycles. The Morgan fingerprint density at radius 3 is 2.83 bits per heavy atom. The lowest BCUT2D eigenvalue weighted by Gasteiger charge is -2.14. The first-order chi connectivity index (χ1) is 8.56. The van der Waals surface area contributed by atoms with Crippen molar-refractivity contribution in [3.05, 3.63) is 35.5 Å². The number of benzene rings is 1. The van der Waals surface area contributed by atoms with Crippen molar-refractivity contribution in [3.63, 3.8) is 0 Å². The Balaban J connectivity index is 2.28. The van der Waals surface area contributed by atoms with Crippen molar-refractivity contribution in [2.75, 3.05) is 30.0 Å². The number of nitrogens with one attached hydrogen (secondary N) is 1. The van der Waals surface area contributed by atoms with E-state index in [0.717, 1.165) is 11.4 Å². The number of hydrogen-bond acceptors (Lipinski definition) is 5. The standard InChI is InChI=1S/C12H14ClN5/c1-18(2)9-5-3-4-8(6-9)16-11-10(13)7-15-12(14)17-11/h3-7H,1-2H3,(H3,14,15,16,17). The number of halogens is 1. The zero-order chi connectivity index (χ0) is 13.1. The van der Waals surface area contributed by atoms with Crippen molar-refractivity contribution in [2.45, 2.75) is 0 Å². The van der Waals surface area contributed by atoms with Gasteiger partial charge >= 0.3 is 0 Å². The van der Waals surface area contributed by atoms with E-state index in [0.29, 0.717) is 10.8 Å². The van der Waals surface area contributed by atoms with Crippen molar-refractivity contribution < 1.29 is 0 Å². The third kappa shape index (κ3) is 2.81. The van der Waals surface area contributed by atoms with E-state index in [4.69, 9.17) is 17.3 Å². The van der Waals surface area contributed by atoms with Crippen LogP contribution in [0.25, 0.3) is 0 Å². The Kier molecular flexibility index (Phi) is 3.53. The number of rotatable bonds is 3. The molecule has 1 heterocycles. The second kappa shape index (κ2) is 5.10. The van der Waals surface area contributed by atoms with Gasteiger partial charge < -0.3 is 16.0 Å². The maximum Gasteiger partial charge on any atom is 0.222 e. The molecule has 3 N–H and O–H groups in total. The molecule has 0 aliphatic carbocycles. The Labute approximate surface area is 111 Å². The zero-order valence-electron chi connectivity index (χ0n) is 10.2. The molecule has 5 nitrogen and oxygen atoms in total. The number of nitrogen functional groups attached to an aromatic ring is 1. The average molecular weight is 264 g/mol. The predicted molar refractivity (Wildman–Crippen MR) is 75.5 cm³/mol. The topological polar surface area (TPSA) is 67.1 Å². The van der Waals surface area contributed by atoms with E-state index in [1.165, 1.54) is 6.20 Å². The SMILES string of the molecule is CN(C)c1cccc(Nc2nc(N)ncc2Cl)c1. The second-order valence-electron chi connectivity index (χ2n) is 3.99. The highest BCUT2D eigenvalue weighted by Crippen LogP contribution is 2.25. The first-order valence-corrected chi connectivity index (χ1v) is 5.76. The molecule has 94 valence electrons. The summed E-state index contributed by atoms with van der Waals surface area (Å²) >= 11 is 5.99. The van der Waals surface area contributed by atoms with E-state index in [-0.39, 0.29) is 5.95 Å². The summed E-state index contributed by atoms with van der Waals surface area (Å²) in [5.74, 6) is 0.686. The lowest BCUT2D eigenvalue weighted by atomic mass is 10.2. The van der Waals surface area contributed by atoms with E-state index in [2.05, 4.69) is 15.3 Å². The number of nitrogens with two attached hydrogens (primary N) is 1. The molecule has 2 rings (SSSR count). The summed E-state index contributed by atoms with van der Waals surface area (Å²) in [7, 11) is 3.96. The fourth-order valence-electron chi connectivity index (χ4n) is 1.47. The average Bonchev–Trinajstić information content (AvgIpc) is 2.34. The summed E-state index contributed by atoms with van der Waals surface area (Å²) in [5.41, 5.74) is 7.50. The molecule has 0 spiro atoms. The first kappa shape index (κ1) is 12.4. The fourth-order valence-corrected chi connectivity index (χ4v) is 1.61. The quantitative estimate of drug-likeness (QED) is 0.891. The summed E-state index contributed by atoms with van der Waals surface area (Å²) < 4.78 is 0. The summed E-state index contributed by atoms with van der Waals surface area (Å²) in [6.45, 7) is 0. The first-order valence-electron chi connectivity index (χ1n) is 5.38. The summed E-state index contributed by atoms with van der Waals surface area (Å²) in [5, 5.41) is 3.55. The minimum absolute atomic E-state index is 0.186. The molecule has 0 saturated heterocycles. The molecule has 0 aliphatic rings. The van der Waals surface area contributed by atoms with Gasteiger partial charge in [-0.05, 0) is 18.2 Å². The van der Waals surface area contributed by atoms with Crippen LogP contribution in [0.3, 0.4) is 0 Å². The number of anilines is 4. The smallest absolute Gasteiger partial charge is 0.222 e. The van der Waals surface area contributed by atoms with E-state index >= 15 is 0 Å². The highest BCUT2D eigenvalue weighted by molar-refractivity contribution is 6.32. The van der Waals surface area contributed by atoms with Crippen LogP contribution < -0.4 is 16.0 Å². The molecule has 0 bridgehead atoms. The predicted octanol–water partition coefficient (Wildman–Crippen LogP) is 2.52.